The number of carbonyl (C=O) groups excluding carboxylic acids is 1. The van der Waals surface area contributed by atoms with Crippen LogP contribution in [0.25, 0.3) is 0 Å². The van der Waals surface area contributed by atoms with Gasteiger partial charge in [0.25, 0.3) is 5.91 Å². The number of likely N-dealkylation sites (tertiary alicyclic amines) is 1. The van der Waals surface area contributed by atoms with Gasteiger partial charge in [0.05, 0.1) is 18.3 Å². The van der Waals surface area contributed by atoms with Crippen molar-refractivity contribution in [2.24, 2.45) is 0 Å². The molecule has 1 aromatic heterocycles. The summed E-state index contributed by atoms with van der Waals surface area (Å²) >= 11 is 0. The van der Waals surface area contributed by atoms with Crippen LogP contribution in [0, 0.1) is 0 Å². The van der Waals surface area contributed by atoms with Crippen molar-refractivity contribution in [3.05, 3.63) is 89.2 Å². The molecule has 0 radical (unpaired) electrons. The van der Waals surface area contributed by atoms with E-state index < -0.39 is 0 Å². The van der Waals surface area contributed by atoms with Crippen molar-refractivity contribution in [1.29, 1.82) is 0 Å². The van der Waals surface area contributed by atoms with Gasteiger partial charge in [-0.15, -0.1) is 0 Å². The minimum Gasteiger partial charge on any atom is -0.337 e. The molecule has 1 aliphatic heterocycles. The minimum atomic E-state index is 0.0702. The van der Waals surface area contributed by atoms with E-state index in [4.69, 9.17) is 0 Å². The molecule has 0 unspecified atom stereocenters. The Morgan fingerprint density at radius 1 is 1.06 bits per heavy atom. The van der Waals surface area contributed by atoms with E-state index in [1.165, 1.54) is 16.7 Å². The molecule has 31 heavy (non-hydrogen) atoms. The lowest BCUT2D eigenvalue weighted by atomic mass is 10.0. The quantitative estimate of drug-likeness (QED) is 0.640. The lowest BCUT2D eigenvalue weighted by Gasteiger charge is -2.40. The SMILES string of the molecule is CN(C(=O)c1cnn(Cc2ccccc2)c1)[C@H]1CCCN(C2Cc3ccccc3C2)C1. The van der Waals surface area contributed by atoms with Gasteiger partial charge in [0.2, 0.25) is 0 Å². The van der Waals surface area contributed by atoms with Gasteiger partial charge in [0.15, 0.2) is 0 Å². The summed E-state index contributed by atoms with van der Waals surface area (Å²) in [5.41, 5.74) is 4.83. The number of hydrogen-bond donors (Lipinski definition) is 0. The molecular weight excluding hydrogens is 384 g/mol. The van der Waals surface area contributed by atoms with Gasteiger partial charge in [-0.1, -0.05) is 54.6 Å². The molecule has 1 saturated heterocycles. The van der Waals surface area contributed by atoms with Gasteiger partial charge in [-0.2, -0.15) is 5.10 Å². The summed E-state index contributed by atoms with van der Waals surface area (Å²) in [6.45, 7) is 2.77. The number of benzene rings is 2. The number of aromatic nitrogens is 2. The third kappa shape index (κ3) is 4.28. The highest BCUT2D eigenvalue weighted by Crippen LogP contribution is 2.28. The Kier molecular flexibility index (Phi) is 5.60. The van der Waals surface area contributed by atoms with Crippen LogP contribution in [-0.4, -0.2) is 57.7 Å². The van der Waals surface area contributed by atoms with Crippen molar-refractivity contribution < 1.29 is 4.79 Å². The maximum Gasteiger partial charge on any atom is 0.257 e. The van der Waals surface area contributed by atoms with Crippen LogP contribution >= 0.6 is 0 Å². The van der Waals surface area contributed by atoms with E-state index in [0.717, 1.165) is 38.8 Å². The van der Waals surface area contributed by atoms with Gasteiger partial charge >= 0.3 is 0 Å². The summed E-state index contributed by atoms with van der Waals surface area (Å²) in [7, 11) is 1.95. The number of fused-ring (bicyclic) bond motifs is 1. The Morgan fingerprint density at radius 3 is 2.52 bits per heavy atom. The molecule has 2 aliphatic rings. The molecular formula is C26H30N4O. The zero-order chi connectivity index (χ0) is 21.2. The maximum atomic E-state index is 13.2. The normalized spacial score (nSPS) is 19.3. The van der Waals surface area contributed by atoms with Crippen LogP contribution in [0.5, 0.6) is 0 Å². The van der Waals surface area contributed by atoms with Gasteiger partial charge in [-0.3, -0.25) is 14.4 Å². The topological polar surface area (TPSA) is 41.4 Å². The zero-order valence-electron chi connectivity index (χ0n) is 18.2. The lowest BCUT2D eigenvalue weighted by Crippen LogP contribution is -2.51. The highest BCUT2D eigenvalue weighted by atomic mass is 16.2. The fourth-order valence-corrected chi connectivity index (χ4v) is 5.13. The Balaban J connectivity index is 1.22. The van der Waals surface area contributed by atoms with Gasteiger partial charge in [-0.25, -0.2) is 0 Å². The molecule has 1 amide bonds. The fourth-order valence-electron chi connectivity index (χ4n) is 5.13. The summed E-state index contributed by atoms with van der Waals surface area (Å²) in [6.07, 6.45) is 8.05. The first-order valence-corrected chi connectivity index (χ1v) is 11.3. The molecule has 0 saturated carbocycles. The number of likely N-dealkylation sites (N-methyl/N-ethyl adjacent to an activating group) is 1. The van der Waals surface area contributed by atoms with Gasteiger partial charge < -0.3 is 4.90 Å². The van der Waals surface area contributed by atoms with Crippen molar-refractivity contribution in [2.75, 3.05) is 20.1 Å². The van der Waals surface area contributed by atoms with E-state index >= 15 is 0 Å². The summed E-state index contributed by atoms with van der Waals surface area (Å²) in [4.78, 5) is 17.7. The number of piperidine rings is 1. The second kappa shape index (κ2) is 8.67. The van der Waals surface area contributed by atoms with Crippen LogP contribution in [0.4, 0.5) is 0 Å². The third-order valence-corrected chi connectivity index (χ3v) is 6.91. The Hall–Kier alpha value is -2.92. The molecule has 1 aliphatic carbocycles. The van der Waals surface area contributed by atoms with Gasteiger partial charge in [0.1, 0.15) is 0 Å². The number of hydrogen-bond acceptors (Lipinski definition) is 3. The lowest BCUT2D eigenvalue weighted by molar-refractivity contribution is 0.0555. The molecule has 2 heterocycles. The molecule has 0 spiro atoms. The van der Waals surface area contributed by atoms with Crippen molar-refractivity contribution in [3.63, 3.8) is 0 Å². The first-order valence-electron chi connectivity index (χ1n) is 11.3. The molecule has 5 nitrogen and oxygen atoms in total. The summed E-state index contributed by atoms with van der Waals surface area (Å²) in [5, 5.41) is 4.42. The molecule has 5 heteroatoms. The molecule has 2 aromatic carbocycles. The molecule has 5 rings (SSSR count). The van der Waals surface area contributed by atoms with E-state index in [-0.39, 0.29) is 11.9 Å². The molecule has 0 N–H and O–H groups in total. The smallest absolute Gasteiger partial charge is 0.257 e. The zero-order valence-corrected chi connectivity index (χ0v) is 18.2. The highest BCUT2D eigenvalue weighted by molar-refractivity contribution is 5.93. The van der Waals surface area contributed by atoms with Crippen molar-refractivity contribution in [2.45, 2.75) is 44.3 Å². The Morgan fingerprint density at radius 2 is 1.77 bits per heavy atom. The standard InChI is InChI=1S/C26H30N4O/c1-28(26(31)23-16-27-30(18-23)17-20-8-3-2-4-9-20)24-12-7-13-29(19-24)25-14-21-10-5-6-11-22(21)15-25/h2-6,8-11,16,18,24-25H,7,12-15,17,19H2,1H3/t24-/m0/s1. The van der Waals surface area contributed by atoms with Gasteiger partial charge in [0, 0.05) is 31.9 Å². The van der Waals surface area contributed by atoms with E-state index in [1.807, 2.05) is 41.0 Å². The molecule has 1 atom stereocenters. The average Bonchev–Trinajstić information content (AvgIpc) is 3.46. The van der Waals surface area contributed by atoms with Crippen LogP contribution in [0.1, 0.15) is 39.9 Å². The molecule has 0 bridgehead atoms. The van der Waals surface area contributed by atoms with Crippen molar-refractivity contribution in [3.8, 4) is 0 Å². The summed E-state index contributed by atoms with van der Waals surface area (Å²) < 4.78 is 1.85. The summed E-state index contributed by atoms with van der Waals surface area (Å²) in [6, 6.07) is 19.8. The second-order valence-electron chi connectivity index (χ2n) is 8.95. The Bertz CT molecular complexity index is 1020. The predicted octanol–water partition coefficient (Wildman–Crippen LogP) is 3.64. The largest absolute Gasteiger partial charge is 0.337 e. The van der Waals surface area contributed by atoms with Crippen molar-refractivity contribution >= 4 is 5.91 Å². The molecule has 3 aromatic rings. The van der Waals surface area contributed by atoms with Gasteiger partial charge in [-0.05, 0) is 48.9 Å². The second-order valence-corrected chi connectivity index (χ2v) is 8.95. The number of nitrogens with zero attached hydrogens (tertiary/aromatic N) is 4. The fraction of sp³-hybridized carbons (Fsp3) is 0.385. The first kappa shape index (κ1) is 20.0. The van der Waals surface area contributed by atoms with E-state index in [9.17, 15) is 4.79 Å². The van der Waals surface area contributed by atoms with Crippen LogP contribution in [0.2, 0.25) is 0 Å². The molecule has 1 fully saturated rings. The van der Waals surface area contributed by atoms with Crippen molar-refractivity contribution in [1.82, 2.24) is 19.6 Å². The van der Waals surface area contributed by atoms with E-state index in [1.54, 1.807) is 6.20 Å². The van der Waals surface area contributed by atoms with Crippen LogP contribution in [0.3, 0.4) is 0 Å². The van der Waals surface area contributed by atoms with E-state index in [2.05, 4.69) is 46.4 Å². The van der Waals surface area contributed by atoms with Crippen LogP contribution < -0.4 is 0 Å². The number of rotatable bonds is 5. The number of amides is 1. The van der Waals surface area contributed by atoms with Crippen LogP contribution in [0.15, 0.2) is 67.0 Å². The monoisotopic (exact) mass is 414 g/mol. The average molecular weight is 415 g/mol. The minimum absolute atomic E-state index is 0.0702. The first-order chi connectivity index (χ1) is 15.2. The van der Waals surface area contributed by atoms with E-state index in [0.29, 0.717) is 18.2 Å². The van der Waals surface area contributed by atoms with Crippen LogP contribution in [-0.2, 0) is 19.4 Å². The predicted molar refractivity (Wildman–Crippen MR) is 122 cm³/mol. The number of carbonyl (C=O) groups is 1. The third-order valence-electron chi connectivity index (χ3n) is 6.91. The maximum absolute atomic E-state index is 13.2. The molecule has 160 valence electrons. The highest BCUT2D eigenvalue weighted by Gasteiger charge is 2.33. The summed E-state index contributed by atoms with van der Waals surface area (Å²) in [5.74, 6) is 0.0702. The Labute approximate surface area is 184 Å².